The number of nitrogens with zero attached hydrogens (tertiary/aromatic N) is 3. The van der Waals surface area contributed by atoms with Crippen molar-refractivity contribution >= 4 is 28.4 Å². The van der Waals surface area contributed by atoms with Gasteiger partial charge in [-0.2, -0.15) is 5.10 Å². The van der Waals surface area contributed by atoms with Crippen LogP contribution < -0.4 is 15.1 Å². The molecule has 1 aromatic heterocycles. The first kappa shape index (κ1) is 21.6. The largest absolute Gasteiger partial charge is 0.497 e. The Kier molecular flexibility index (Phi) is 7.15. The molecule has 32 heavy (non-hydrogen) atoms. The van der Waals surface area contributed by atoms with Gasteiger partial charge < -0.3 is 9.64 Å². The molecule has 5 nitrogen and oxygen atoms in total. The molecule has 1 N–H and O–H groups in total. The molecule has 0 saturated carbocycles. The van der Waals surface area contributed by atoms with E-state index in [-0.39, 0.29) is 0 Å². The predicted octanol–water partition coefficient (Wildman–Crippen LogP) is 6.29. The first-order valence-electron chi connectivity index (χ1n) is 10.5. The van der Waals surface area contributed by atoms with Gasteiger partial charge in [-0.3, -0.25) is 5.43 Å². The van der Waals surface area contributed by atoms with Crippen molar-refractivity contribution in [1.29, 1.82) is 0 Å². The van der Waals surface area contributed by atoms with Gasteiger partial charge in [-0.15, -0.1) is 11.3 Å². The molecule has 0 fully saturated rings. The molecule has 0 saturated heterocycles. The number of nitrogens with one attached hydrogen (secondary N) is 1. The maximum absolute atomic E-state index is 5.21. The minimum atomic E-state index is 0.753. The molecule has 6 heteroatoms. The number of hydrogen-bond acceptors (Lipinski definition) is 6. The van der Waals surface area contributed by atoms with E-state index in [1.54, 1.807) is 7.11 Å². The van der Waals surface area contributed by atoms with Crippen molar-refractivity contribution in [3.05, 3.63) is 95.4 Å². The van der Waals surface area contributed by atoms with Crippen LogP contribution in [0, 0.1) is 0 Å². The van der Waals surface area contributed by atoms with E-state index in [4.69, 9.17) is 4.74 Å². The van der Waals surface area contributed by atoms with Crippen molar-refractivity contribution in [3.8, 4) is 17.0 Å². The first-order valence-corrected chi connectivity index (χ1v) is 11.4. The summed E-state index contributed by atoms with van der Waals surface area (Å²) in [5, 5.41) is 7.12. The third-order valence-corrected chi connectivity index (χ3v) is 5.87. The summed E-state index contributed by atoms with van der Waals surface area (Å²) in [6.45, 7) is 4.02. The number of hydrazone groups is 1. The number of benzene rings is 3. The highest BCUT2D eigenvalue weighted by Gasteiger charge is 2.06. The van der Waals surface area contributed by atoms with Crippen LogP contribution in [0.15, 0.2) is 89.3 Å². The van der Waals surface area contributed by atoms with Crippen molar-refractivity contribution in [1.82, 2.24) is 4.98 Å². The standard InChI is InChI=1S/C26H26N4OS/c1-3-30(18-21-7-5-4-6-8-21)23-13-9-20(10-14-23)17-27-29-26-28-25(19-32-26)22-11-15-24(31-2)16-12-22/h4-17,19H,3,18H2,1-2H3,(H,28,29)/b27-17-. The van der Waals surface area contributed by atoms with Gasteiger partial charge in [0.2, 0.25) is 5.13 Å². The smallest absolute Gasteiger partial charge is 0.203 e. The second kappa shape index (κ2) is 10.6. The van der Waals surface area contributed by atoms with Gasteiger partial charge in [-0.25, -0.2) is 4.98 Å². The Balaban J connectivity index is 1.35. The van der Waals surface area contributed by atoms with Crippen molar-refractivity contribution in [2.75, 3.05) is 24.0 Å². The Morgan fingerprint density at radius 1 is 1.00 bits per heavy atom. The lowest BCUT2D eigenvalue weighted by atomic mass is 10.1. The second-order valence-corrected chi connectivity index (χ2v) is 8.09. The fourth-order valence-corrected chi connectivity index (χ4v) is 4.01. The zero-order chi connectivity index (χ0) is 22.2. The molecule has 0 bridgehead atoms. The molecule has 1 heterocycles. The van der Waals surface area contributed by atoms with Gasteiger partial charge in [0, 0.05) is 29.7 Å². The van der Waals surface area contributed by atoms with Crippen molar-refractivity contribution in [3.63, 3.8) is 0 Å². The molecule has 4 aromatic rings. The second-order valence-electron chi connectivity index (χ2n) is 7.23. The van der Waals surface area contributed by atoms with Gasteiger partial charge in [0.1, 0.15) is 5.75 Å². The van der Waals surface area contributed by atoms with Crippen molar-refractivity contribution in [2.24, 2.45) is 5.10 Å². The summed E-state index contributed by atoms with van der Waals surface area (Å²) in [6, 6.07) is 26.8. The third-order valence-electron chi connectivity index (χ3n) is 5.12. The molecule has 0 radical (unpaired) electrons. The van der Waals surface area contributed by atoms with Crippen LogP contribution in [-0.2, 0) is 6.54 Å². The minimum Gasteiger partial charge on any atom is -0.497 e. The maximum Gasteiger partial charge on any atom is 0.203 e. The first-order chi connectivity index (χ1) is 15.7. The zero-order valence-electron chi connectivity index (χ0n) is 18.2. The summed E-state index contributed by atoms with van der Waals surface area (Å²) in [4.78, 5) is 6.95. The third kappa shape index (κ3) is 5.53. The summed E-state index contributed by atoms with van der Waals surface area (Å²) in [5.41, 5.74) is 8.53. The number of aromatic nitrogens is 1. The SMILES string of the molecule is CCN(Cc1ccccc1)c1ccc(/C=N\Nc2nc(-c3ccc(OC)cc3)cs2)cc1. The van der Waals surface area contributed by atoms with Gasteiger partial charge in [0.25, 0.3) is 0 Å². The number of anilines is 2. The number of ether oxygens (including phenoxy) is 1. The van der Waals surface area contributed by atoms with Crippen LogP contribution in [-0.4, -0.2) is 24.9 Å². The average Bonchev–Trinajstić information content (AvgIpc) is 3.33. The average molecular weight is 443 g/mol. The molecule has 0 amide bonds. The molecule has 0 aliphatic rings. The maximum atomic E-state index is 5.21. The molecular weight excluding hydrogens is 416 g/mol. The van der Waals surface area contributed by atoms with Crippen molar-refractivity contribution < 1.29 is 4.74 Å². The number of hydrogen-bond donors (Lipinski definition) is 1. The molecule has 0 unspecified atom stereocenters. The lowest BCUT2D eigenvalue weighted by Crippen LogP contribution is -2.21. The molecule has 0 aliphatic heterocycles. The van der Waals surface area contributed by atoms with E-state index in [1.807, 2.05) is 41.9 Å². The van der Waals surface area contributed by atoms with Gasteiger partial charge in [-0.05, 0) is 54.4 Å². The summed E-state index contributed by atoms with van der Waals surface area (Å²) in [6.07, 6.45) is 1.81. The van der Waals surface area contributed by atoms with Crippen LogP contribution in [0.1, 0.15) is 18.1 Å². The number of rotatable bonds is 9. The Hall–Kier alpha value is -3.64. The van der Waals surface area contributed by atoms with E-state index < -0.39 is 0 Å². The zero-order valence-corrected chi connectivity index (χ0v) is 19.0. The Morgan fingerprint density at radius 3 is 2.44 bits per heavy atom. The van der Waals surface area contributed by atoms with Crippen molar-refractivity contribution in [2.45, 2.75) is 13.5 Å². The summed E-state index contributed by atoms with van der Waals surface area (Å²) in [7, 11) is 1.66. The Morgan fingerprint density at radius 2 is 1.75 bits per heavy atom. The fourth-order valence-electron chi connectivity index (χ4n) is 3.34. The quantitative estimate of drug-likeness (QED) is 0.244. The monoisotopic (exact) mass is 442 g/mol. The van der Waals surface area contributed by atoms with E-state index in [0.717, 1.165) is 40.8 Å². The molecule has 0 aliphatic carbocycles. The van der Waals surface area contributed by atoms with E-state index >= 15 is 0 Å². The highest BCUT2D eigenvalue weighted by atomic mass is 32.1. The lowest BCUT2D eigenvalue weighted by Gasteiger charge is -2.23. The van der Waals surface area contributed by atoms with Crippen LogP contribution in [0.2, 0.25) is 0 Å². The van der Waals surface area contributed by atoms with Gasteiger partial charge in [0.05, 0.1) is 19.0 Å². The van der Waals surface area contributed by atoms with E-state index in [9.17, 15) is 0 Å². The van der Waals surface area contributed by atoms with E-state index in [2.05, 4.69) is 75.9 Å². The molecule has 0 spiro atoms. The number of thiazole rings is 1. The summed E-state index contributed by atoms with van der Waals surface area (Å²) >= 11 is 1.53. The fraction of sp³-hybridized carbons (Fsp3) is 0.154. The molecule has 3 aromatic carbocycles. The minimum absolute atomic E-state index is 0.753. The highest BCUT2D eigenvalue weighted by Crippen LogP contribution is 2.26. The van der Waals surface area contributed by atoms with Gasteiger partial charge in [-0.1, -0.05) is 42.5 Å². The highest BCUT2D eigenvalue weighted by molar-refractivity contribution is 7.14. The van der Waals surface area contributed by atoms with Crippen LogP contribution in [0.5, 0.6) is 5.75 Å². The van der Waals surface area contributed by atoms with E-state index in [0.29, 0.717) is 0 Å². The van der Waals surface area contributed by atoms with Crippen LogP contribution in [0.4, 0.5) is 10.8 Å². The van der Waals surface area contributed by atoms with Crippen LogP contribution in [0.25, 0.3) is 11.3 Å². The normalized spacial score (nSPS) is 10.9. The number of methoxy groups -OCH3 is 1. The topological polar surface area (TPSA) is 49.8 Å². The summed E-state index contributed by atoms with van der Waals surface area (Å²) in [5.74, 6) is 0.833. The molecular formula is C26H26N4OS. The Labute approximate surface area is 193 Å². The van der Waals surface area contributed by atoms with Crippen LogP contribution >= 0.6 is 11.3 Å². The van der Waals surface area contributed by atoms with E-state index in [1.165, 1.54) is 22.6 Å². The van der Waals surface area contributed by atoms with Crippen LogP contribution in [0.3, 0.4) is 0 Å². The molecule has 162 valence electrons. The molecule has 0 atom stereocenters. The van der Waals surface area contributed by atoms with Gasteiger partial charge >= 0.3 is 0 Å². The molecule has 4 rings (SSSR count). The van der Waals surface area contributed by atoms with Gasteiger partial charge in [0.15, 0.2) is 0 Å². The lowest BCUT2D eigenvalue weighted by molar-refractivity contribution is 0.415. The summed E-state index contributed by atoms with van der Waals surface area (Å²) < 4.78 is 5.21. The predicted molar refractivity (Wildman–Crippen MR) is 135 cm³/mol. The Bertz CT molecular complexity index is 1140.